The third-order valence-electron chi connectivity index (χ3n) is 5.10. The van der Waals surface area contributed by atoms with Crippen LogP contribution < -0.4 is 5.32 Å². The maximum Gasteiger partial charge on any atom is 0.433 e. The van der Waals surface area contributed by atoms with Crippen LogP contribution in [0.1, 0.15) is 16.1 Å². The number of rotatable bonds is 4. The fourth-order valence-corrected chi connectivity index (χ4v) is 3.47. The summed E-state index contributed by atoms with van der Waals surface area (Å²) in [6.45, 7) is 0. The van der Waals surface area contributed by atoms with Crippen LogP contribution >= 0.6 is 0 Å². The zero-order valence-corrected chi connectivity index (χ0v) is 18.0. The molecule has 1 aromatic carbocycles. The van der Waals surface area contributed by atoms with Crippen LogP contribution in [0.15, 0.2) is 67.1 Å². The van der Waals surface area contributed by atoms with E-state index >= 15 is 0 Å². The van der Waals surface area contributed by atoms with E-state index < -0.39 is 17.8 Å². The van der Waals surface area contributed by atoms with Crippen LogP contribution in [0.5, 0.6) is 0 Å². The Labute approximate surface area is 194 Å². The van der Waals surface area contributed by atoms with Gasteiger partial charge < -0.3 is 5.32 Å². The first kappa shape index (κ1) is 22.2. The maximum atomic E-state index is 13.3. The highest BCUT2D eigenvalue weighted by molar-refractivity contribution is 6.03. The molecule has 4 aromatic heterocycles. The zero-order valence-electron chi connectivity index (χ0n) is 18.0. The Hall–Kier alpha value is -4.61. The molecule has 176 valence electrons. The minimum absolute atomic E-state index is 0.0528. The fourth-order valence-electron chi connectivity index (χ4n) is 3.47. The number of hydrogen-bond acceptors (Lipinski definition) is 5. The van der Waals surface area contributed by atoms with E-state index in [1.165, 1.54) is 22.8 Å². The topological polar surface area (TPSA) is 90.0 Å². The number of pyridine rings is 1. The van der Waals surface area contributed by atoms with E-state index in [1.807, 2.05) is 0 Å². The molecule has 1 amide bonds. The minimum atomic E-state index is -4.59. The number of halogens is 4. The van der Waals surface area contributed by atoms with Gasteiger partial charge in [0.25, 0.3) is 5.91 Å². The Bertz CT molecular complexity index is 1540. The number of carbonyl (C=O) groups excluding carboxylic acids is 1. The summed E-state index contributed by atoms with van der Waals surface area (Å²) in [6, 6.07) is 11.1. The first-order valence-corrected chi connectivity index (χ1v) is 10.2. The highest BCUT2D eigenvalue weighted by Crippen LogP contribution is 2.30. The van der Waals surface area contributed by atoms with Crippen LogP contribution in [0.4, 0.5) is 23.4 Å². The van der Waals surface area contributed by atoms with Crippen molar-refractivity contribution >= 4 is 17.4 Å². The van der Waals surface area contributed by atoms with Crippen molar-refractivity contribution in [2.24, 2.45) is 7.05 Å². The lowest BCUT2D eigenvalue weighted by Gasteiger charge is -2.06. The molecule has 0 aliphatic carbocycles. The zero-order chi connectivity index (χ0) is 24.7. The van der Waals surface area contributed by atoms with E-state index in [0.29, 0.717) is 28.2 Å². The average Bonchev–Trinajstić information content (AvgIpc) is 3.41. The molecule has 0 bridgehead atoms. The Kier molecular flexibility index (Phi) is 5.27. The summed E-state index contributed by atoms with van der Waals surface area (Å²) in [6.07, 6.45) is -0.485. The second-order valence-electron chi connectivity index (χ2n) is 7.60. The molecule has 0 unspecified atom stereocenters. The van der Waals surface area contributed by atoms with Crippen LogP contribution in [0.25, 0.3) is 28.2 Å². The molecule has 0 saturated carbocycles. The normalized spacial score (nSPS) is 11.7. The molecule has 0 fully saturated rings. The molecule has 0 atom stereocenters. The molecule has 4 heterocycles. The van der Waals surface area contributed by atoms with Crippen LogP contribution in [0.3, 0.4) is 0 Å². The van der Waals surface area contributed by atoms with Crippen LogP contribution in [0.2, 0.25) is 0 Å². The smallest absolute Gasteiger partial charge is 0.305 e. The van der Waals surface area contributed by atoms with E-state index in [-0.39, 0.29) is 17.2 Å². The van der Waals surface area contributed by atoms with E-state index in [9.17, 15) is 22.4 Å². The third kappa shape index (κ3) is 4.45. The van der Waals surface area contributed by atoms with E-state index in [2.05, 4.69) is 25.5 Å². The van der Waals surface area contributed by atoms with Gasteiger partial charge in [-0.15, -0.1) is 0 Å². The van der Waals surface area contributed by atoms with Crippen LogP contribution in [-0.2, 0) is 13.2 Å². The molecule has 5 aromatic rings. The molecule has 0 aliphatic heterocycles. The summed E-state index contributed by atoms with van der Waals surface area (Å²) in [4.78, 5) is 20.0. The van der Waals surface area contributed by atoms with Gasteiger partial charge in [0.05, 0.1) is 17.5 Å². The summed E-state index contributed by atoms with van der Waals surface area (Å²) >= 11 is 0. The number of alkyl halides is 3. The Balaban J connectivity index is 1.42. The predicted octanol–water partition coefficient (Wildman–Crippen LogP) is 4.60. The molecule has 0 spiro atoms. The number of hydrogen-bond donors (Lipinski definition) is 1. The second-order valence-corrected chi connectivity index (χ2v) is 7.60. The van der Waals surface area contributed by atoms with Gasteiger partial charge in [-0.25, -0.2) is 13.9 Å². The molecule has 5 rings (SSSR count). The highest BCUT2D eigenvalue weighted by atomic mass is 19.4. The van der Waals surface area contributed by atoms with Gasteiger partial charge >= 0.3 is 6.18 Å². The average molecular weight is 481 g/mol. The van der Waals surface area contributed by atoms with Crippen LogP contribution in [0, 0.1) is 5.82 Å². The van der Waals surface area contributed by atoms with Gasteiger partial charge in [-0.05, 0) is 48.5 Å². The summed E-state index contributed by atoms with van der Waals surface area (Å²) in [5.41, 5.74) is 1.89. The number of imidazole rings is 1. The predicted molar refractivity (Wildman–Crippen MR) is 118 cm³/mol. The number of fused-ring (bicyclic) bond motifs is 1. The van der Waals surface area contributed by atoms with Gasteiger partial charge in [-0.2, -0.15) is 23.4 Å². The Morgan fingerprint density at radius 1 is 0.971 bits per heavy atom. The van der Waals surface area contributed by atoms with E-state index in [4.69, 9.17) is 0 Å². The molecule has 35 heavy (non-hydrogen) atoms. The molecule has 0 saturated heterocycles. The number of aromatic nitrogens is 6. The number of amides is 1. The van der Waals surface area contributed by atoms with Gasteiger partial charge in [-0.3, -0.25) is 14.5 Å². The quantitative estimate of drug-likeness (QED) is 0.379. The number of benzene rings is 1. The highest BCUT2D eigenvalue weighted by Gasteiger charge is 2.32. The van der Waals surface area contributed by atoms with E-state index in [0.717, 1.165) is 18.3 Å². The molecule has 8 nitrogen and oxygen atoms in total. The van der Waals surface area contributed by atoms with Crippen molar-refractivity contribution in [1.82, 2.24) is 29.4 Å². The Morgan fingerprint density at radius 2 is 1.74 bits per heavy atom. The number of carbonyl (C=O) groups is 1. The van der Waals surface area contributed by atoms with Crippen molar-refractivity contribution in [1.29, 1.82) is 0 Å². The number of aryl methyl sites for hydroxylation is 1. The van der Waals surface area contributed by atoms with Crippen molar-refractivity contribution < 1.29 is 22.4 Å². The minimum Gasteiger partial charge on any atom is -0.305 e. The lowest BCUT2D eigenvalue weighted by Crippen LogP contribution is -2.14. The Morgan fingerprint density at radius 3 is 2.43 bits per heavy atom. The SMILES string of the molecule is Cn1cc(-c2ccc3nc(NC(=O)c4ccc(C(F)(F)F)nc4)cn3n2)c(-c2ccc(F)cc2)n1. The molecular formula is C23H15F4N7O. The van der Waals surface area contributed by atoms with Crippen molar-refractivity contribution in [2.45, 2.75) is 6.18 Å². The molecule has 0 aliphatic rings. The number of nitrogens with zero attached hydrogens (tertiary/aromatic N) is 6. The van der Waals surface area contributed by atoms with Gasteiger partial charge in [0.1, 0.15) is 17.2 Å². The third-order valence-corrected chi connectivity index (χ3v) is 5.10. The van der Waals surface area contributed by atoms with Gasteiger partial charge in [0, 0.05) is 30.6 Å². The van der Waals surface area contributed by atoms with Crippen LogP contribution in [-0.4, -0.2) is 35.3 Å². The second kappa shape index (κ2) is 8.31. The lowest BCUT2D eigenvalue weighted by atomic mass is 10.1. The van der Waals surface area contributed by atoms with Gasteiger partial charge in [0.2, 0.25) is 0 Å². The van der Waals surface area contributed by atoms with Gasteiger partial charge in [-0.1, -0.05) is 0 Å². The van der Waals surface area contributed by atoms with Crippen molar-refractivity contribution in [3.63, 3.8) is 0 Å². The summed E-state index contributed by atoms with van der Waals surface area (Å²) in [7, 11) is 1.76. The number of nitrogens with one attached hydrogen (secondary N) is 1. The largest absolute Gasteiger partial charge is 0.433 e. The van der Waals surface area contributed by atoms with Crippen molar-refractivity contribution in [2.75, 3.05) is 5.32 Å². The summed E-state index contributed by atoms with van der Waals surface area (Å²) in [5, 5.41) is 11.5. The van der Waals surface area contributed by atoms with Crippen molar-refractivity contribution in [3.05, 3.63) is 84.2 Å². The standard InChI is InChI=1S/C23H15F4N7O/c1-33-11-16(21(32-33)13-2-5-15(24)6-3-13)17-7-9-20-29-19(12-34(20)31-17)30-22(35)14-4-8-18(28-10-14)23(25,26)27/h2-12H,1H3,(H,30,35). The first-order valence-electron chi connectivity index (χ1n) is 10.2. The molecular weight excluding hydrogens is 466 g/mol. The number of anilines is 1. The van der Waals surface area contributed by atoms with Gasteiger partial charge in [0.15, 0.2) is 11.5 Å². The summed E-state index contributed by atoms with van der Waals surface area (Å²) < 4.78 is 54.5. The monoisotopic (exact) mass is 481 g/mol. The van der Waals surface area contributed by atoms with Crippen molar-refractivity contribution in [3.8, 4) is 22.5 Å². The molecule has 0 radical (unpaired) electrons. The fraction of sp³-hybridized carbons (Fsp3) is 0.0870. The molecule has 12 heteroatoms. The maximum absolute atomic E-state index is 13.3. The van der Waals surface area contributed by atoms with E-state index in [1.54, 1.807) is 42.2 Å². The molecule has 1 N–H and O–H groups in total. The summed E-state index contributed by atoms with van der Waals surface area (Å²) in [5.74, 6) is -0.865. The lowest BCUT2D eigenvalue weighted by molar-refractivity contribution is -0.141. The first-order chi connectivity index (χ1) is 16.7.